The van der Waals surface area contributed by atoms with Crippen molar-refractivity contribution < 1.29 is 19.1 Å². The van der Waals surface area contributed by atoms with Gasteiger partial charge in [-0.2, -0.15) is 0 Å². The van der Waals surface area contributed by atoms with Crippen LogP contribution in [0.25, 0.3) is 0 Å². The highest BCUT2D eigenvalue weighted by Crippen LogP contribution is 2.78. The molecule has 4 nitrogen and oxygen atoms in total. The lowest BCUT2D eigenvalue weighted by molar-refractivity contribution is -0.192. The third kappa shape index (κ3) is 0.663. The molecule has 5 atom stereocenters. The van der Waals surface area contributed by atoms with Crippen LogP contribution in [-0.4, -0.2) is 24.1 Å². The molecule has 4 heteroatoms. The topological polar surface area (TPSA) is 52.6 Å². The Hall–Kier alpha value is -1.58. The van der Waals surface area contributed by atoms with Crippen molar-refractivity contribution in [2.45, 2.75) is 18.6 Å². The first-order chi connectivity index (χ1) is 7.68. The van der Waals surface area contributed by atoms with Crippen molar-refractivity contribution in [2.24, 2.45) is 17.3 Å². The van der Waals surface area contributed by atoms with Gasteiger partial charge in [-0.1, -0.05) is 12.7 Å². The third-order valence-corrected chi connectivity index (χ3v) is 4.44. The first-order valence-corrected chi connectivity index (χ1v) is 5.44. The minimum absolute atomic E-state index is 0.00479. The Labute approximate surface area is 91.9 Å². The van der Waals surface area contributed by atoms with Crippen LogP contribution in [-0.2, 0) is 19.1 Å². The molecule has 2 saturated carbocycles. The molecule has 0 radical (unpaired) electrons. The first kappa shape index (κ1) is 8.56. The molecule has 5 unspecified atom stereocenters. The van der Waals surface area contributed by atoms with E-state index in [1.165, 1.54) is 0 Å². The standard InChI is InChI=1S/C12H10O4/c1-2-7(13)15-10-9-8-6(11(14)16-9)3-5-4-12(5,8)10/h2-3,5,8-10H,1,4H2. The maximum Gasteiger partial charge on any atom is 0.334 e. The third-order valence-electron chi connectivity index (χ3n) is 4.44. The molecule has 0 bridgehead atoms. The zero-order chi connectivity index (χ0) is 11.1. The summed E-state index contributed by atoms with van der Waals surface area (Å²) < 4.78 is 10.5. The van der Waals surface area contributed by atoms with Crippen LogP contribution >= 0.6 is 0 Å². The summed E-state index contributed by atoms with van der Waals surface area (Å²) in [5, 5.41) is 0. The average Bonchev–Trinajstić information content (AvgIpc) is 2.82. The van der Waals surface area contributed by atoms with E-state index < -0.39 is 5.97 Å². The van der Waals surface area contributed by atoms with Gasteiger partial charge in [0.25, 0.3) is 0 Å². The van der Waals surface area contributed by atoms with Gasteiger partial charge in [0.2, 0.25) is 0 Å². The van der Waals surface area contributed by atoms with Crippen LogP contribution in [0, 0.1) is 17.3 Å². The van der Waals surface area contributed by atoms with E-state index in [1.807, 2.05) is 6.08 Å². The summed E-state index contributed by atoms with van der Waals surface area (Å²) in [7, 11) is 0. The largest absolute Gasteiger partial charge is 0.455 e. The normalized spacial score (nSPS) is 49.5. The summed E-state index contributed by atoms with van der Waals surface area (Å²) in [4.78, 5) is 22.7. The molecule has 1 saturated heterocycles. The zero-order valence-electron chi connectivity index (χ0n) is 8.51. The van der Waals surface area contributed by atoms with Crippen LogP contribution in [0.2, 0.25) is 0 Å². The van der Waals surface area contributed by atoms with Crippen molar-refractivity contribution in [3.8, 4) is 0 Å². The van der Waals surface area contributed by atoms with E-state index in [2.05, 4.69) is 6.58 Å². The van der Waals surface area contributed by atoms with E-state index in [1.54, 1.807) is 0 Å². The molecule has 0 aromatic rings. The Morgan fingerprint density at radius 1 is 1.69 bits per heavy atom. The van der Waals surface area contributed by atoms with E-state index in [-0.39, 0.29) is 29.5 Å². The number of carbonyl (C=O) groups excluding carboxylic acids is 2. The molecule has 0 amide bonds. The number of esters is 2. The van der Waals surface area contributed by atoms with Gasteiger partial charge in [-0.25, -0.2) is 9.59 Å². The second kappa shape index (κ2) is 2.24. The molecule has 1 heterocycles. The fourth-order valence-electron chi connectivity index (χ4n) is 3.72. The SMILES string of the molecule is C=CC(=O)OC1C2OC(=O)C3=CC4CC41C32. The Bertz CT molecular complexity index is 477. The Kier molecular flexibility index (Phi) is 1.20. The minimum Gasteiger partial charge on any atom is -0.455 e. The van der Waals surface area contributed by atoms with Gasteiger partial charge in [0.15, 0.2) is 0 Å². The number of allylic oxidation sites excluding steroid dienone is 1. The molecular weight excluding hydrogens is 208 g/mol. The summed E-state index contributed by atoms with van der Waals surface area (Å²) in [5.41, 5.74) is 0.817. The molecule has 1 spiro atoms. The van der Waals surface area contributed by atoms with Crippen LogP contribution in [0.4, 0.5) is 0 Å². The molecular formula is C12H10O4. The molecule has 16 heavy (non-hydrogen) atoms. The number of hydrogen-bond acceptors (Lipinski definition) is 4. The highest BCUT2D eigenvalue weighted by atomic mass is 16.6. The highest BCUT2D eigenvalue weighted by Gasteiger charge is 2.83. The van der Waals surface area contributed by atoms with Gasteiger partial charge in [0, 0.05) is 23.0 Å². The highest BCUT2D eigenvalue weighted by molar-refractivity contribution is 5.95. The maximum atomic E-state index is 11.5. The molecule has 82 valence electrons. The van der Waals surface area contributed by atoms with Crippen molar-refractivity contribution >= 4 is 11.9 Å². The number of carbonyl (C=O) groups is 2. The summed E-state index contributed by atoms with van der Waals surface area (Å²) >= 11 is 0. The average molecular weight is 218 g/mol. The van der Waals surface area contributed by atoms with E-state index in [0.29, 0.717) is 5.92 Å². The van der Waals surface area contributed by atoms with E-state index in [4.69, 9.17) is 9.47 Å². The van der Waals surface area contributed by atoms with Crippen molar-refractivity contribution in [2.75, 3.05) is 0 Å². The van der Waals surface area contributed by atoms with Crippen molar-refractivity contribution in [1.82, 2.24) is 0 Å². The van der Waals surface area contributed by atoms with Crippen molar-refractivity contribution in [1.29, 1.82) is 0 Å². The summed E-state index contributed by atoms with van der Waals surface area (Å²) in [5.74, 6) is -0.0505. The fourth-order valence-corrected chi connectivity index (χ4v) is 3.72. The lowest BCUT2D eigenvalue weighted by Gasteiger charge is -2.45. The predicted octanol–water partition coefficient (Wildman–Crippen LogP) is 0.586. The monoisotopic (exact) mass is 218 g/mol. The van der Waals surface area contributed by atoms with Crippen molar-refractivity contribution in [3.63, 3.8) is 0 Å². The van der Waals surface area contributed by atoms with Gasteiger partial charge in [0.1, 0.15) is 12.2 Å². The lowest BCUT2D eigenvalue weighted by Crippen LogP contribution is -2.57. The molecule has 0 aromatic heterocycles. The van der Waals surface area contributed by atoms with Crippen LogP contribution in [0.3, 0.4) is 0 Å². The van der Waals surface area contributed by atoms with Gasteiger partial charge in [-0.3, -0.25) is 0 Å². The van der Waals surface area contributed by atoms with E-state index >= 15 is 0 Å². The Morgan fingerprint density at radius 2 is 2.50 bits per heavy atom. The van der Waals surface area contributed by atoms with Crippen LogP contribution in [0.5, 0.6) is 0 Å². The molecule has 1 aliphatic heterocycles. The van der Waals surface area contributed by atoms with Gasteiger partial charge in [-0.05, 0) is 12.3 Å². The predicted molar refractivity (Wildman–Crippen MR) is 52.1 cm³/mol. The van der Waals surface area contributed by atoms with Crippen LogP contribution in [0.1, 0.15) is 6.42 Å². The quantitative estimate of drug-likeness (QED) is 0.502. The van der Waals surface area contributed by atoms with E-state index in [9.17, 15) is 9.59 Å². The molecule has 3 fully saturated rings. The number of rotatable bonds is 2. The molecule has 0 aromatic carbocycles. The van der Waals surface area contributed by atoms with Gasteiger partial charge in [0.05, 0.1) is 0 Å². The summed E-state index contributed by atoms with van der Waals surface area (Å²) in [6, 6.07) is 0. The van der Waals surface area contributed by atoms with Gasteiger partial charge < -0.3 is 9.47 Å². The van der Waals surface area contributed by atoms with Gasteiger partial charge in [-0.15, -0.1) is 0 Å². The second-order valence-corrected chi connectivity index (χ2v) is 4.95. The Balaban J connectivity index is 1.68. The first-order valence-electron chi connectivity index (χ1n) is 5.44. The molecule has 4 rings (SSSR count). The second-order valence-electron chi connectivity index (χ2n) is 4.95. The summed E-state index contributed by atoms with van der Waals surface area (Å²) in [6.45, 7) is 3.37. The van der Waals surface area contributed by atoms with Crippen LogP contribution in [0.15, 0.2) is 24.3 Å². The molecule has 0 N–H and O–H groups in total. The van der Waals surface area contributed by atoms with Gasteiger partial charge >= 0.3 is 11.9 Å². The molecule has 3 aliphatic carbocycles. The summed E-state index contributed by atoms with van der Waals surface area (Å²) in [6.07, 6.45) is 3.68. The lowest BCUT2D eigenvalue weighted by atomic mass is 9.65. The van der Waals surface area contributed by atoms with Crippen molar-refractivity contribution in [3.05, 3.63) is 24.3 Å². The Morgan fingerprint density at radius 3 is 3.25 bits per heavy atom. The smallest absolute Gasteiger partial charge is 0.334 e. The molecule has 4 aliphatic rings. The number of hydrogen-bond donors (Lipinski definition) is 0. The number of ether oxygens (including phenoxy) is 2. The van der Waals surface area contributed by atoms with E-state index in [0.717, 1.165) is 18.1 Å². The van der Waals surface area contributed by atoms with Crippen LogP contribution < -0.4 is 0 Å². The fraction of sp³-hybridized carbons (Fsp3) is 0.500. The maximum absolute atomic E-state index is 11.5. The zero-order valence-corrected chi connectivity index (χ0v) is 8.51. The minimum atomic E-state index is -0.431.